The van der Waals surface area contributed by atoms with Gasteiger partial charge in [-0.15, -0.1) is 11.3 Å². The van der Waals surface area contributed by atoms with Gasteiger partial charge >= 0.3 is 0 Å². The number of hydrogen-bond donors (Lipinski definition) is 1. The Hall–Kier alpha value is -2.21. The van der Waals surface area contributed by atoms with Crippen LogP contribution in [0.1, 0.15) is 9.67 Å². The van der Waals surface area contributed by atoms with Crippen LogP contribution in [0.15, 0.2) is 30.6 Å². The number of carbonyl (C=O) groups excluding carboxylic acids is 1. The third-order valence-electron chi connectivity index (χ3n) is 2.61. The summed E-state index contributed by atoms with van der Waals surface area (Å²) >= 11 is 1.30. The van der Waals surface area contributed by atoms with Crippen molar-refractivity contribution in [2.24, 2.45) is 12.8 Å². The zero-order valence-electron chi connectivity index (χ0n) is 9.62. The largest absolute Gasteiger partial charge is 0.365 e. The summed E-state index contributed by atoms with van der Waals surface area (Å²) in [6, 6.07) is 5.89. The van der Waals surface area contributed by atoms with E-state index in [2.05, 4.69) is 10.1 Å². The Labute approximate surface area is 107 Å². The maximum Gasteiger partial charge on any atom is 0.260 e. The van der Waals surface area contributed by atoms with Crippen LogP contribution in [0.3, 0.4) is 0 Å². The fourth-order valence-corrected chi connectivity index (χ4v) is 2.57. The van der Waals surface area contributed by atoms with Crippen molar-refractivity contribution in [3.8, 4) is 10.6 Å². The Balaban J connectivity index is 2.09. The van der Waals surface area contributed by atoms with Crippen molar-refractivity contribution in [3.63, 3.8) is 0 Å². The second kappa shape index (κ2) is 3.92. The Morgan fingerprint density at radius 3 is 3.00 bits per heavy atom. The van der Waals surface area contributed by atoms with Crippen LogP contribution in [0.2, 0.25) is 0 Å². The number of benzene rings is 1. The molecule has 2 aromatic heterocycles. The number of aromatic nitrogens is 3. The van der Waals surface area contributed by atoms with E-state index in [0.717, 1.165) is 21.5 Å². The molecule has 0 aliphatic heterocycles. The molecule has 6 heteroatoms. The van der Waals surface area contributed by atoms with E-state index < -0.39 is 5.91 Å². The van der Waals surface area contributed by atoms with Crippen LogP contribution in [0, 0.1) is 0 Å². The van der Waals surface area contributed by atoms with E-state index in [4.69, 9.17) is 5.73 Å². The second-order valence-electron chi connectivity index (χ2n) is 3.97. The lowest BCUT2D eigenvalue weighted by Crippen LogP contribution is -2.08. The van der Waals surface area contributed by atoms with E-state index in [1.807, 2.05) is 31.4 Å². The van der Waals surface area contributed by atoms with Crippen LogP contribution in [0.25, 0.3) is 21.5 Å². The molecule has 0 saturated carbocycles. The lowest BCUT2D eigenvalue weighted by atomic mass is 10.2. The maximum atomic E-state index is 11.0. The summed E-state index contributed by atoms with van der Waals surface area (Å²) in [6.07, 6.45) is 3.46. The minimum Gasteiger partial charge on any atom is -0.365 e. The van der Waals surface area contributed by atoms with Gasteiger partial charge in [0.2, 0.25) is 0 Å². The van der Waals surface area contributed by atoms with E-state index in [9.17, 15) is 4.79 Å². The van der Waals surface area contributed by atoms with Gasteiger partial charge in [-0.2, -0.15) is 5.10 Å². The molecule has 2 N–H and O–H groups in total. The van der Waals surface area contributed by atoms with Crippen molar-refractivity contribution in [3.05, 3.63) is 35.5 Å². The number of primary amides is 1. The van der Waals surface area contributed by atoms with Gasteiger partial charge in [0.25, 0.3) is 5.91 Å². The van der Waals surface area contributed by atoms with E-state index in [-0.39, 0.29) is 0 Å². The van der Waals surface area contributed by atoms with Gasteiger partial charge in [-0.05, 0) is 18.2 Å². The normalized spacial score (nSPS) is 10.9. The van der Waals surface area contributed by atoms with E-state index in [1.54, 1.807) is 4.68 Å². The molecule has 0 aliphatic carbocycles. The zero-order valence-corrected chi connectivity index (χ0v) is 10.4. The molecule has 0 radical (unpaired) electrons. The summed E-state index contributed by atoms with van der Waals surface area (Å²) in [7, 11) is 1.88. The summed E-state index contributed by atoms with van der Waals surface area (Å²) in [6.45, 7) is 0. The molecule has 0 atom stereocenters. The molecular weight excluding hydrogens is 248 g/mol. The van der Waals surface area contributed by atoms with Gasteiger partial charge in [0.15, 0.2) is 0 Å². The Morgan fingerprint density at radius 1 is 1.44 bits per heavy atom. The van der Waals surface area contributed by atoms with Crippen LogP contribution in [-0.4, -0.2) is 20.7 Å². The fraction of sp³-hybridized carbons (Fsp3) is 0.0833. The van der Waals surface area contributed by atoms with Crippen molar-refractivity contribution in [1.29, 1.82) is 0 Å². The van der Waals surface area contributed by atoms with E-state index in [1.165, 1.54) is 17.5 Å². The van der Waals surface area contributed by atoms with Crippen molar-refractivity contribution in [1.82, 2.24) is 14.8 Å². The van der Waals surface area contributed by atoms with Gasteiger partial charge in [-0.3, -0.25) is 9.48 Å². The molecule has 0 aliphatic rings. The SMILES string of the molecule is Cn1cc2cc(-c3ncc(C(N)=O)s3)ccc2n1. The first-order valence-electron chi connectivity index (χ1n) is 5.33. The number of amides is 1. The van der Waals surface area contributed by atoms with Gasteiger partial charge in [0, 0.05) is 24.2 Å². The Morgan fingerprint density at radius 2 is 2.28 bits per heavy atom. The molecule has 5 nitrogen and oxygen atoms in total. The van der Waals surface area contributed by atoms with Gasteiger partial charge in [0.05, 0.1) is 11.7 Å². The first kappa shape index (κ1) is 10.9. The zero-order chi connectivity index (χ0) is 12.7. The molecule has 3 aromatic rings. The highest BCUT2D eigenvalue weighted by Crippen LogP contribution is 2.27. The van der Waals surface area contributed by atoms with Crippen molar-refractivity contribution >= 4 is 28.1 Å². The van der Waals surface area contributed by atoms with Gasteiger partial charge in [-0.1, -0.05) is 0 Å². The number of carbonyl (C=O) groups is 1. The molecule has 0 fully saturated rings. The third-order valence-corrected chi connectivity index (χ3v) is 3.68. The number of nitrogens with two attached hydrogens (primary N) is 1. The van der Waals surface area contributed by atoms with Crippen LogP contribution in [0.4, 0.5) is 0 Å². The van der Waals surface area contributed by atoms with E-state index in [0.29, 0.717) is 4.88 Å². The predicted molar refractivity (Wildman–Crippen MR) is 70.3 cm³/mol. The number of rotatable bonds is 2. The molecule has 2 heterocycles. The minimum absolute atomic E-state index is 0.443. The highest BCUT2D eigenvalue weighted by molar-refractivity contribution is 7.16. The molecule has 18 heavy (non-hydrogen) atoms. The minimum atomic E-state index is -0.443. The number of aryl methyl sites for hydroxylation is 1. The fourth-order valence-electron chi connectivity index (χ4n) is 1.80. The number of fused-ring (bicyclic) bond motifs is 1. The third kappa shape index (κ3) is 1.76. The summed E-state index contributed by atoms with van der Waals surface area (Å²) in [5.41, 5.74) is 7.12. The average Bonchev–Trinajstić information content (AvgIpc) is 2.91. The van der Waals surface area contributed by atoms with E-state index >= 15 is 0 Å². The molecule has 0 spiro atoms. The second-order valence-corrected chi connectivity index (χ2v) is 5.00. The lowest BCUT2D eigenvalue weighted by Gasteiger charge is -1.95. The van der Waals surface area contributed by atoms with Crippen molar-refractivity contribution < 1.29 is 4.79 Å². The number of thiazole rings is 1. The Kier molecular flexibility index (Phi) is 2.38. The molecule has 3 rings (SSSR count). The summed E-state index contributed by atoms with van der Waals surface area (Å²) in [5, 5.41) is 6.14. The molecule has 0 bridgehead atoms. The number of hydrogen-bond acceptors (Lipinski definition) is 4. The summed E-state index contributed by atoms with van der Waals surface area (Å²) in [5.74, 6) is -0.443. The molecule has 1 aromatic carbocycles. The van der Waals surface area contributed by atoms with Crippen molar-refractivity contribution in [2.45, 2.75) is 0 Å². The molecule has 0 saturated heterocycles. The van der Waals surface area contributed by atoms with Crippen LogP contribution < -0.4 is 5.73 Å². The summed E-state index contributed by atoms with van der Waals surface area (Å²) in [4.78, 5) is 15.7. The predicted octanol–water partition coefficient (Wildman–Crippen LogP) is 1.80. The smallest absolute Gasteiger partial charge is 0.260 e. The first-order chi connectivity index (χ1) is 8.63. The summed E-state index contributed by atoms with van der Waals surface area (Å²) < 4.78 is 1.77. The topological polar surface area (TPSA) is 73.8 Å². The molecule has 90 valence electrons. The Bertz CT molecular complexity index is 743. The standard InChI is InChI=1S/C12H10N4OS/c1-16-6-8-4-7(2-3-9(8)15-16)12-14-5-10(18-12)11(13)17/h2-6H,1H3,(H2,13,17). The quantitative estimate of drug-likeness (QED) is 0.761. The van der Waals surface area contributed by atoms with Gasteiger partial charge < -0.3 is 5.73 Å². The maximum absolute atomic E-state index is 11.0. The first-order valence-corrected chi connectivity index (χ1v) is 6.14. The highest BCUT2D eigenvalue weighted by Gasteiger charge is 2.09. The highest BCUT2D eigenvalue weighted by atomic mass is 32.1. The van der Waals surface area contributed by atoms with Crippen LogP contribution in [-0.2, 0) is 7.05 Å². The molecule has 0 unspecified atom stereocenters. The lowest BCUT2D eigenvalue weighted by molar-refractivity contribution is 0.100. The monoisotopic (exact) mass is 258 g/mol. The number of nitrogens with zero attached hydrogens (tertiary/aromatic N) is 3. The molecule has 1 amide bonds. The van der Waals surface area contributed by atoms with Crippen LogP contribution in [0.5, 0.6) is 0 Å². The average molecular weight is 258 g/mol. The van der Waals surface area contributed by atoms with Gasteiger partial charge in [-0.25, -0.2) is 4.98 Å². The van der Waals surface area contributed by atoms with Crippen molar-refractivity contribution in [2.75, 3.05) is 0 Å². The molecular formula is C12H10N4OS. The van der Waals surface area contributed by atoms with Gasteiger partial charge in [0.1, 0.15) is 9.88 Å². The van der Waals surface area contributed by atoms with Crippen LogP contribution >= 0.6 is 11.3 Å².